The number of para-hydroxylation sites is 1. The van der Waals surface area contributed by atoms with E-state index in [4.69, 9.17) is 0 Å². The number of fused-ring (bicyclic) bond motifs is 3. The van der Waals surface area contributed by atoms with Gasteiger partial charge in [0.15, 0.2) is 0 Å². The fraction of sp³-hybridized carbons (Fsp3) is 0.263. The quantitative estimate of drug-likeness (QED) is 0.720. The molecular weight excluding hydrogens is 256 g/mol. The topological polar surface area (TPSA) is 17.0 Å². The van der Waals surface area contributed by atoms with E-state index in [9.17, 15) is 0 Å². The molecule has 0 unspecified atom stereocenters. The van der Waals surface area contributed by atoms with Gasteiger partial charge in [-0.15, -0.1) is 0 Å². The first-order chi connectivity index (χ1) is 10.4. The molecule has 3 aromatic rings. The maximum absolute atomic E-state index is 3.61. The predicted octanol–water partition coefficient (Wildman–Crippen LogP) is 3.46. The Morgan fingerprint density at radius 3 is 2.62 bits per heavy atom. The molecule has 0 fully saturated rings. The highest BCUT2D eigenvalue weighted by atomic mass is 15.0. The van der Waals surface area contributed by atoms with Gasteiger partial charge in [-0.3, -0.25) is 0 Å². The SMILES string of the molecule is Cn1c2c(c3ccccc31)CCNC[C@H]2c1ccccc1. The van der Waals surface area contributed by atoms with Crippen LogP contribution in [0.3, 0.4) is 0 Å². The molecule has 106 valence electrons. The van der Waals surface area contributed by atoms with Crippen LogP contribution in [0.5, 0.6) is 0 Å². The van der Waals surface area contributed by atoms with Crippen molar-refractivity contribution in [3.05, 3.63) is 71.4 Å². The third-order valence-electron chi connectivity index (χ3n) is 4.69. The van der Waals surface area contributed by atoms with E-state index in [0.717, 1.165) is 19.5 Å². The Morgan fingerprint density at radius 2 is 1.76 bits per heavy atom. The van der Waals surface area contributed by atoms with E-state index >= 15 is 0 Å². The lowest BCUT2D eigenvalue weighted by atomic mass is 9.92. The molecule has 1 aliphatic heterocycles. The molecule has 2 nitrogen and oxygen atoms in total. The summed E-state index contributed by atoms with van der Waals surface area (Å²) < 4.78 is 2.40. The highest BCUT2D eigenvalue weighted by Crippen LogP contribution is 2.35. The average molecular weight is 276 g/mol. The zero-order valence-electron chi connectivity index (χ0n) is 12.3. The highest BCUT2D eigenvalue weighted by Gasteiger charge is 2.25. The predicted molar refractivity (Wildman–Crippen MR) is 87.8 cm³/mol. The van der Waals surface area contributed by atoms with Gasteiger partial charge in [0.05, 0.1) is 0 Å². The average Bonchev–Trinajstić information content (AvgIpc) is 2.71. The van der Waals surface area contributed by atoms with Gasteiger partial charge in [-0.25, -0.2) is 0 Å². The van der Waals surface area contributed by atoms with E-state index in [1.54, 1.807) is 0 Å². The van der Waals surface area contributed by atoms with E-state index in [0.29, 0.717) is 5.92 Å². The molecule has 4 rings (SSSR count). The van der Waals surface area contributed by atoms with Crippen LogP contribution in [-0.4, -0.2) is 17.7 Å². The molecule has 0 spiro atoms. The Labute approximate surface area is 125 Å². The minimum absolute atomic E-state index is 0.432. The molecule has 1 aromatic heterocycles. The van der Waals surface area contributed by atoms with E-state index in [1.165, 1.54) is 27.7 Å². The van der Waals surface area contributed by atoms with E-state index < -0.39 is 0 Å². The number of hydrogen-bond acceptors (Lipinski definition) is 1. The number of aryl methyl sites for hydroxylation is 1. The van der Waals surface area contributed by atoms with Gasteiger partial charge in [0.25, 0.3) is 0 Å². The molecule has 1 aliphatic rings. The standard InChI is InChI=1S/C19H20N2/c1-21-18-10-6-5-9-15(18)16-11-12-20-13-17(19(16)21)14-7-3-2-4-8-14/h2-10,17,20H,11-13H2,1H3/t17-/m0/s1. The van der Waals surface area contributed by atoms with E-state index in [-0.39, 0.29) is 0 Å². The molecule has 0 saturated carbocycles. The van der Waals surface area contributed by atoms with E-state index in [1.807, 2.05) is 0 Å². The lowest BCUT2D eigenvalue weighted by Gasteiger charge is -2.18. The maximum Gasteiger partial charge on any atom is 0.0482 e. The first-order valence-electron chi connectivity index (χ1n) is 7.68. The molecule has 21 heavy (non-hydrogen) atoms. The molecule has 0 bridgehead atoms. The van der Waals surface area contributed by atoms with Crippen LogP contribution in [0.25, 0.3) is 10.9 Å². The smallest absolute Gasteiger partial charge is 0.0482 e. The van der Waals surface area contributed by atoms with Crippen LogP contribution in [0.4, 0.5) is 0 Å². The second-order valence-corrected chi connectivity index (χ2v) is 5.86. The maximum atomic E-state index is 3.61. The van der Waals surface area contributed by atoms with Gasteiger partial charge >= 0.3 is 0 Å². The molecule has 1 N–H and O–H groups in total. The van der Waals surface area contributed by atoms with Crippen molar-refractivity contribution in [3.8, 4) is 0 Å². The Morgan fingerprint density at radius 1 is 1.00 bits per heavy atom. The second kappa shape index (κ2) is 5.05. The molecule has 2 heterocycles. The van der Waals surface area contributed by atoms with Crippen molar-refractivity contribution in [3.63, 3.8) is 0 Å². The lowest BCUT2D eigenvalue weighted by Crippen LogP contribution is -2.22. The van der Waals surface area contributed by atoms with Gasteiger partial charge in [0.2, 0.25) is 0 Å². The number of nitrogens with one attached hydrogen (secondary N) is 1. The molecular formula is C19H20N2. The molecule has 2 heteroatoms. The minimum Gasteiger partial charge on any atom is -0.347 e. The zero-order valence-corrected chi connectivity index (χ0v) is 12.3. The van der Waals surface area contributed by atoms with Crippen LogP contribution in [0, 0.1) is 0 Å². The van der Waals surface area contributed by atoms with E-state index in [2.05, 4.69) is 71.5 Å². The van der Waals surface area contributed by atoms with Crippen LogP contribution in [0.1, 0.15) is 22.7 Å². The van der Waals surface area contributed by atoms with Gasteiger partial charge in [0, 0.05) is 36.1 Å². The summed E-state index contributed by atoms with van der Waals surface area (Å²) in [6, 6.07) is 19.7. The molecule has 2 aromatic carbocycles. The van der Waals surface area contributed by atoms with Crippen LogP contribution >= 0.6 is 0 Å². The van der Waals surface area contributed by atoms with Gasteiger partial charge < -0.3 is 9.88 Å². The summed E-state index contributed by atoms with van der Waals surface area (Å²) in [4.78, 5) is 0. The van der Waals surface area contributed by atoms with Crippen molar-refractivity contribution < 1.29 is 0 Å². The monoisotopic (exact) mass is 276 g/mol. The van der Waals surface area contributed by atoms with Crippen LogP contribution in [-0.2, 0) is 13.5 Å². The van der Waals surface area contributed by atoms with Crippen LogP contribution < -0.4 is 5.32 Å². The third kappa shape index (κ3) is 1.98. The minimum atomic E-state index is 0.432. The summed E-state index contributed by atoms with van der Waals surface area (Å²) in [5.41, 5.74) is 5.75. The summed E-state index contributed by atoms with van der Waals surface area (Å²) in [6.45, 7) is 2.07. The summed E-state index contributed by atoms with van der Waals surface area (Å²) in [5.74, 6) is 0.432. The molecule has 0 amide bonds. The van der Waals surface area contributed by atoms with Crippen LogP contribution in [0.2, 0.25) is 0 Å². The van der Waals surface area contributed by atoms with Crippen molar-refractivity contribution in [1.29, 1.82) is 0 Å². The summed E-state index contributed by atoms with van der Waals surface area (Å²) >= 11 is 0. The number of benzene rings is 2. The summed E-state index contributed by atoms with van der Waals surface area (Å²) in [6.07, 6.45) is 1.11. The fourth-order valence-corrected chi connectivity index (χ4v) is 3.72. The third-order valence-corrected chi connectivity index (χ3v) is 4.69. The summed E-state index contributed by atoms with van der Waals surface area (Å²) in [7, 11) is 2.21. The fourth-order valence-electron chi connectivity index (χ4n) is 3.72. The normalized spacial score (nSPS) is 18.4. The first-order valence-corrected chi connectivity index (χ1v) is 7.68. The number of hydrogen-bond donors (Lipinski definition) is 1. The first kappa shape index (κ1) is 12.7. The van der Waals surface area contributed by atoms with Crippen LogP contribution in [0.15, 0.2) is 54.6 Å². The van der Waals surface area contributed by atoms with Crippen molar-refractivity contribution in [2.45, 2.75) is 12.3 Å². The zero-order chi connectivity index (χ0) is 14.2. The summed E-state index contributed by atoms with van der Waals surface area (Å²) in [5, 5.41) is 5.02. The number of nitrogens with zero attached hydrogens (tertiary/aromatic N) is 1. The highest BCUT2D eigenvalue weighted by molar-refractivity contribution is 5.86. The Hall–Kier alpha value is -2.06. The number of rotatable bonds is 1. The Balaban J connectivity index is 1.98. The van der Waals surface area contributed by atoms with Crippen molar-refractivity contribution >= 4 is 10.9 Å². The second-order valence-electron chi connectivity index (χ2n) is 5.86. The Kier molecular flexibility index (Phi) is 3.04. The largest absolute Gasteiger partial charge is 0.347 e. The van der Waals surface area contributed by atoms with Gasteiger partial charge in [-0.2, -0.15) is 0 Å². The lowest BCUT2D eigenvalue weighted by molar-refractivity contribution is 0.644. The van der Waals surface area contributed by atoms with Crippen molar-refractivity contribution in [1.82, 2.24) is 9.88 Å². The van der Waals surface area contributed by atoms with Crippen molar-refractivity contribution in [2.24, 2.45) is 7.05 Å². The molecule has 1 atom stereocenters. The molecule has 0 saturated heterocycles. The molecule has 0 radical (unpaired) electrons. The Bertz CT molecular complexity index is 771. The van der Waals surface area contributed by atoms with Crippen molar-refractivity contribution in [2.75, 3.05) is 13.1 Å². The van der Waals surface area contributed by atoms with Gasteiger partial charge in [-0.1, -0.05) is 48.5 Å². The number of aromatic nitrogens is 1. The van der Waals surface area contributed by atoms with Gasteiger partial charge in [-0.05, 0) is 30.2 Å². The molecule has 0 aliphatic carbocycles. The van der Waals surface area contributed by atoms with Gasteiger partial charge in [0.1, 0.15) is 0 Å².